The summed E-state index contributed by atoms with van der Waals surface area (Å²) in [6, 6.07) is 12.1. The maximum absolute atomic E-state index is 13.5. The Morgan fingerprint density at radius 3 is 2.76 bits per heavy atom. The van der Waals surface area contributed by atoms with E-state index in [1.807, 2.05) is 6.07 Å². The Bertz CT molecular complexity index is 1490. The summed E-state index contributed by atoms with van der Waals surface area (Å²) < 4.78 is 6.98. The number of aromatic nitrogens is 1. The van der Waals surface area contributed by atoms with Gasteiger partial charge < -0.3 is 4.74 Å². The first-order chi connectivity index (χ1) is 15.8. The molecule has 1 aliphatic rings. The van der Waals surface area contributed by atoms with E-state index in [0.29, 0.717) is 31.2 Å². The zero-order valence-corrected chi connectivity index (χ0v) is 19.2. The summed E-state index contributed by atoms with van der Waals surface area (Å²) in [6.45, 7) is 3.46. The van der Waals surface area contributed by atoms with E-state index in [1.54, 1.807) is 44.2 Å². The first-order valence-electron chi connectivity index (χ1n) is 10.0. The number of non-ortho nitro benzene ring substituents is 1. The van der Waals surface area contributed by atoms with Crippen LogP contribution in [0.1, 0.15) is 31.0 Å². The second-order valence-corrected chi connectivity index (χ2v) is 8.59. The van der Waals surface area contributed by atoms with Gasteiger partial charge in [-0.15, -0.1) is 0 Å². The molecule has 33 heavy (non-hydrogen) atoms. The summed E-state index contributed by atoms with van der Waals surface area (Å²) in [5.74, 6) is -0.629. The molecule has 4 rings (SSSR count). The van der Waals surface area contributed by atoms with Crippen molar-refractivity contribution in [1.82, 2.24) is 4.57 Å². The summed E-state index contributed by atoms with van der Waals surface area (Å²) in [4.78, 5) is 42.1. The molecule has 0 spiro atoms. The van der Waals surface area contributed by atoms with Crippen molar-refractivity contribution in [3.05, 3.63) is 106 Å². The molecule has 0 radical (unpaired) electrons. The molecule has 168 valence electrons. The fraction of sp³-hybridized carbons (Fsp3) is 0.174. The Balaban J connectivity index is 1.99. The molecule has 1 aliphatic heterocycles. The van der Waals surface area contributed by atoms with Gasteiger partial charge in [-0.1, -0.05) is 53.3 Å². The second-order valence-electron chi connectivity index (χ2n) is 7.18. The molecule has 0 amide bonds. The van der Waals surface area contributed by atoms with Gasteiger partial charge >= 0.3 is 5.97 Å². The smallest absolute Gasteiger partial charge is 0.338 e. The average molecular weight is 484 g/mol. The minimum Gasteiger partial charge on any atom is -0.463 e. The van der Waals surface area contributed by atoms with Crippen LogP contribution in [0.25, 0.3) is 6.08 Å². The van der Waals surface area contributed by atoms with Crippen molar-refractivity contribution in [3.63, 3.8) is 0 Å². The van der Waals surface area contributed by atoms with Crippen LogP contribution in [-0.2, 0) is 9.53 Å². The van der Waals surface area contributed by atoms with E-state index in [2.05, 4.69) is 4.99 Å². The minimum atomic E-state index is -0.923. The molecule has 10 heteroatoms. The molecule has 0 bridgehead atoms. The number of carbonyl (C=O) groups excluding carboxylic acids is 1. The number of allylic oxidation sites excluding steroid dienone is 1. The van der Waals surface area contributed by atoms with Crippen LogP contribution in [-0.4, -0.2) is 22.1 Å². The van der Waals surface area contributed by atoms with Crippen molar-refractivity contribution in [2.75, 3.05) is 6.61 Å². The van der Waals surface area contributed by atoms with E-state index in [1.165, 1.54) is 22.8 Å². The number of halogens is 1. The number of ether oxygens (including phenoxy) is 1. The molecule has 0 saturated carbocycles. The lowest BCUT2D eigenvalue weighted by Crippen LogP contribution is -2.40. The van der Waals surface area contributed by atoms with E-state index >= 15 is 0 Å². The third-order valence-corrected chi connectivity index (χ3v) is 6.43. The molecule has 1 atom stereocenters. The SMILES string of the molecule is CCOC(=O)C1=C(C)N=c2sc(=Cc3ccccc3Cl)c(=O)n2[C@@H]1c1cccc([N+](=O)[O-])c1. The molecule has 1 aromatic heterocycles. The Morgan fingerprint density at radius 1 is 1.30 bits per heavy atom. The van der Waals surface area contributed by atoms with Gasteiger partial charge in [-0.25, -0.2) is 9.79 Å². The predicted molar refractivity (Wildman–Crippen MR) is 125 cm³/mol. The van der Waals surface area contributed by atoms with Gasteiger partial charge in [-0.2, -0.15) is 0 Å². The number of rotatable bonds is 5. The fourth-order valence-electron chi connectivity index (χ4n) is 3.65. The van der Waals surface area contributed by atoms with Gasteiger partial charge in [0, 0.05) is 17.2 Å². The highest BCUT2D eigenvalue weighted by Gasteiger charge is 2.34. The molecular weight excluding hydrogens is 466 g/mol. The number of nitro benzene ring substituents is 1. The Hall–Kier alpha value is -3.56. The van der Waals surface area contributed by atoms with E-state index in [9.17, 15) is 19.7 Å². The van der Waals surface area contributed by atoms with Crippen LogP contribution >= 0.6 is 22.9 Å². The van der Waals surface area contributed by atoms with E-state index in [0.717, 1.165) is 11.3 Å². The summed E-state index contributed by atoms with van der Waals surface area (Å²) in [6.07, 6.45) is 1.67. The predicted octanol–water partition coefficient (Wildman–Crippen LogP) is 3.36. The number of benzene rings is 2. The van der Waals surface area contributed by atoms with Crippen LogP contribution in [0.4, 0.5) is 5.69 Å². The zero-order chi connectivity index (χ0) is 23.7. The van der Waals surface area contributed by atoms with Crippen LogP contribution < -0.4 is 14.9 Å². The number of esters is 1. The summed E-state index contributed by atoms with van der Waals surface area (Å²) >= 11 is 7.41. The molecule has 0 aliphatic carbocycles. The zero-order valence-electron chi connectivity index (χ0n) is 17.6. The molecular formula is C23H18ClN3O5S. The quantitative estimate of drug-likeness (QED) is 0.314. The van der Waals surface area contributed by atoms with Crippen molar-refractivity contribution in [2.24, 2.45) is 4.99 Å². The number of hydrogen-bond acceptors (Lipinski definition) is 7. The second kappa shape index (κ2) is 9.13. The van der Waals surface area contributed by atoms with Crippen LogP contribution in [0.2, 0.25) is 5.02 Å². The first kappa shape index (κ1) is 22.6. The van der Waals surface area contributed by atoms with Crippen molar-refractivity contribution in [1.29, 1.82) is 0 Å². The lowest BCUT2D eigenvalue weighted by Gasteiger charge is -2.24. The number of nitro groups is 1. The third-order valence-electron chi connectivity index (χ3n) is 5.11. The van der Waals surface area contributed by atoms with Crippen LogP contribution in [0.5, 0.6) is 0 Å². The topological polar surface area (TPSA) is 104 Å². The van der Waals surface area contributed by atoms with Gasteiger partial charge in [0.1, 0.15) is 0 Å². The van der Waals surface area contributed by atoms with Crippen molar-refractivity contribution >= 4 is 40.7 Å². The summed E-state index contributed by atoms with van der Waals surface area (Å²) in [5, 5.41) is 11.9. The number of nitrogens with zero attached hydrogens (tertiary/aromatic N) is 3. The maximum atomic E-state index is 13.5. The number of hydrogen-bond donors (Lipinski definition) is 0. The third kappa shape index (κ3) is 4.24. The minimum absolute atomic E-state index is 0.133. The van der Waals surface area contributed by atoms with Crippen LogP contribution in [0.3, 0.4) is 0 Å². The largest absolute Gasteiger partial charge is 0.463 e. The van der Waals surface area contributed by atoms with Gasteiger partial charge in [0.25, 0.3) is 11.2 Å². The standard InChI is InChI=1S/C23H18ClN3O5S/c1-3-32-22(29)19-13(2)25-23-26(20(19)15-8-6-9-16(11-15)27(30)31)21(28)18(33-23)12-14-7-4-5-10-17(14)24/h4-12,20H,3H2,1-2H3/t20-/m1/s1. The van der Waals surface area contributed by atoms with Gasteiger partial charge in [0.15, 0.2) is 4.80 Å². The lowest BCUT2D eigenvalue weighted by molar-refractivity contribution is -0.384. The molecule has 2 aromatic carbocycles. The maximum Gasteiger partial charge on any atom is 0.338 e. The molecule has 0 unspecified atom stereocenters. The van der Waals surface area contributed by atoms with Gasteiger partial charge in [0.2, 0.25) is 0 Å². The lowest BCUT2D eigenvalue weighted by atomic mass is 9.95. The van der Waals surface area contributed by atoms with Gasteiger partial charge in [-0.05, 0) is 37.1 Å². The molecule has 0 fully saturated rings. The normalized spacial score (nSPS) is 15.7. The highest BCUT2D eigenvalue weighted by Crippen LogP contribution is 2.32. The van der Waals surface area contributed by atoms with Gasteiger partial charge in [0.05, 0.1) is 33.4 Å². The molecule has 3 aromatic rings. The molecule has 0 N–H and O–H groups in total. The van der Waals surface area contributed by atoms with E-state index < -0.39 is 16.9 Å². The molecule has 0 saturated heterocycles. The van der Waals surface area contributed by atoms with E-state index in [-0.39, 0.29) is 23.4 Å². The Kier molecular flexibility index (Phi) is 6.26. The van der Waals surface area contributed by atoms with Crippen molar-refractivity contribution < 1.29 is 14.5 Å². The van der Waals surface area contributed by atoms with Crippen molar-refractivity contribution in [3.8, 4) is 0 Å². The highest BCUT2D eigenvalue weighted by molar-refractivity contribution is 7.07. The van der Waals surface area contributed by atoms with Crippen LogP contribution in [0, 0.1) is 10.1 Å². The number of thiazole rings is 1. The van der Waals surface area contributed by atoms with E-state index in [4.69, 9.17) is 16.3 Å². The van der Waals surface area contributed by atoms with Crippen LogP contribution in [0.15, 0.2) is 69.6 Å². The number of fused-ring (bicyclic) bond motifs is 1. The highest BCUT2D eigenvalue weighted by atomic mass is 35.5. The van der Waals surface area contributed by atoms with Crippen molar-refractivity contribution in [2.45, 2.75) is 19.9 Å². The number of carbonyl (C=O) groups is 1. The first-order valence-corrected chi connectivity index (χ1v) is 11.2. The molecule has 2 heterocycles. The Morgan fingerprint density at radius 2 is 2.06 bits per heavy atom. The van der Waals surface area contributed by atoms with Gasteiger partial charge in [-0.3, -0.25) is 19.5 Å². The Labute approximate surface area is 196 Å². The summed E-state index contributed by atoms with van der Waals surface area (Å²) in [5.41, 5.74) is 1.09. The average Bonchev–Trinajstić information content (AvgIpc) is 3.09. The summed E-state index contributed by atoms with van der Waals surface area (Å²) in [7, 11) is 0. The fourth-order valence-corrected chi connectivity index (χ4v) is 4.88. The monoisotopic (exact) mass is 483 g/mol. The molecule has 8 nitrogen and oxygen atoms in total.